The number of ketones is 1. The monoisotopic (exact) mass is 492 g/mol. The fraction of sp³-hybridized carbons (Fsp3) is 0.448. The number of amides is 2. The Hall–Kier alpha value is -3.48. The quantitative estimate of drug-likeness (QED) is 0.493. The summed E-state index contributed by atoms with van der Waals surface area (Å²) >= 11 is 0. The lowest BCUT2D eigenvalue weighted by Crippen LogP contribution is -2.56. The molecule has 5 atom stereocenters. The van der Waals surface area contributed by atoms with Crippen LogP contribution in [0.1, 0.15) is 44.7 Å². The number of nitrogens with one attached hydrogen (secondary N) is 1. The molecule has 1 saturated heterocycles. The maximum Gasteiger partial charge on any atom is 0.329 e. The van der Waals surface area contributed by atoms with Crippen LogP contribution in [0, 0.1) is 11.8 Å². The van der Waals surface area contributed by atoms with Gasteiger partial charge in [-0.3, -0.25) is 14.4 Å². The van der Waals surface area contributed by atoms with Crippen molar-refractivity contribution in [1.29, 1.82) is 0 Å². The Kier molecular flexibility index (Phi) is 9.39. The second kappa shape index (κ2) is 12.5. The van der Waals surface area contributed by atoms with Gasteiger partial charge in [0.15, 0.2) is 5.78 Å². The van der Waals surface area contributed by atoms with Gasteiger partial charge >= 0.3 is 5.97 Å². The SMILES string of the molecule is CCC[C@@H]1OC(=O)[C@H](Cc2ccccc2)N(C)C(=O)[C@@H](Cc2ccccc2)NC(=O)[C@H](C)C(=O)[C@H]1C. The molecular formula is C29H36N2O5. The van der Waals surface area contributed by atoms with Crippen molar-refractivity contribution >= 4 is 23.6 Å². The van der Waals surface area contributed by atoms with Gasteiger partial charge in [-0.05, 0) is 24.5 Å². The van der Waals surface area contributed by atoms with E-state index in [4.69, 9.17) is 4.74 Å². The molecule has 0 saturated carbocycles. The van der Waals surface area contributed by atoms with E-state index in [1.165, 1.54) is 11.8 Å². The maximum absolute atomic E-state index is 13.7. The highest BCUT2D eigenvalue weighted by atomic mass is 16.5. The molecular weight excluding hydrogens is 456 g/mol. The molecule has 192 valence electrons. The van der Waals surface area contributed by atoms with Gasteiger partial charge in [0.05, 0.1) is 11.8 Å². The first-order valence-electron chi connectivity index (χ1n) is 12.6. The summed E-state index contributed by atoms with van der Waals surface area (Å²) in [6, 6.07) is 16.9. The Balaban J connectivity index is 2.02. The number of ether oxygens (including phenoxy) is 1. The summed E-state index contributed by atoms with van der Waals surface area (Å²) in [7, 11) is 1.57. The summed E-state index contributed by atoms with van der Waals surface area (Å²) < 4.78 is 5.90. The Morgan fingerprint density at radius 2 is 1.42 bits per heavy atom. The van der Waals surface area contributed by atoms with Crippen LogP contribution in [0.25, 0.3) is 0 Å². The molecule has 0 bridgehead atoms. The smallest absolute Gasteiger partial charge is 0.329 e. The molecule has 1 N–H and O–H groups in total. The highest BCUT2D eigenvalue weighted by Gasteiger charge is 2.39. The van der Waals surface area contributed by atoms with Crippen molar-refractivity contribution in [3.05, 3.63) is 71.8 Å². The van der Waals surface area contributed by atoms with Crippen LogP contribution in [-0.4, -0.2) is 53.7 Å². The number of carbonyl (C=O) groups is 4. The van der Waals surface area contributed by atoms with E-state index in [1.807, 2.05) is 67.6 Å². The number of esters is 1. The van der Waals surface area contributed by atoms with E-state index >= 15 is 0 Å². The lowest BCUT2D eigenvalue weighted by atomic mass is 9.88. The molecule has 3 rings (SSSR count). The third-order valence-corrected chi connectivity index (χ3v) is 6.92. The molecule has 7 nitrogen and oxygen atoms in total. The van der Waals surface area contributed by atoms with Crippen molar-refractivity contribution in [3.63, 3.8) is 0 Å². The Bertz CT molecular complexity index is 1060. The Labute approximate surface area is 213 Å². The molecule has 2 aromatic carbocycles. The van der Waals surface area contributed by atoms with Crippen molar-refractivity contribution < 1.29 is 23.9 Å². The molecule has 36 heavy (non-hydrogen) atoms. The summed E-state index contributed by atoms with van der Waals surface area (Å²) in [5.74, 6) is -3.40. The first-order valence-corrected chi connectivity index (χ1v) is 12.6. The summed E-state index contributed by atoms with van der Waals surface area (Å²) in [4.78, 5) is 55.0. The number of hydrogen-bond donors (Lipinski definition) is 1. The lowest BCUT2D eigenvalue weighted by Gasteiger charge is -2.34. The van der Waals surface area contributed by atoms with Crippen molar-refractivity contribution in [3.8, 4) is 0 Å². The van der Waals surface area contributed by atoms with E-state index in [-0.39, 0.29) is 18.6 Å². The summed E-state index contributed by atoms with van der Waals surface area (Å²) in [5.41, 5.74) is 1.73. The van der Waals surface area contributed by atoms with Crippen molar-refractivity contribution in [1.82, 2.24) is 10.2 Å². The number of likely N-dealkylation sites (N-methyl/N-ethyl adjacent to an activating group) is 1. The van der Waals surface area contributed by atoms with E-state index < -0.39 is 47.8 Å². The third kappa shape index (κ3) is 6.59. The van der Waals surface area contributed by atoms with E-state index in [9.17, 15) is 19.2 Å². The molecule has 2 amide bonds. The van der Waals surface area contributed by atoms with Gasteiger partial charge in [-0.1, -0.05) is 80.9 Å². The number of cyclic esters (lactones) is 1. The van der Waals surface area contributed by atoms with E-state index in [0.717, 1.165) is 11.1 Å². The zero-order valence-corrected chi connectivity index (χ0v) is 21.5. The van der Waals surface area contributed by atoms with Crippen LogP contribution in [0.15, 0.2) is 60.7 Å². The van der Waals surface area contributed by atoms with Crippen LogP contribution in [0.4, 0.5) is 0 Å². The van der Waals surface area contributed by atoms with E-state index in [2.05, 4.69) is 5.32 Å². The predicted molar refractivity (Wildman–Crippen MR) is 137 cm³/mol. The minimum Gasteiger partial charge on any atom is -0.460 e. The van der Waals surface area contributed by atoms with Crippen LogP contribution in [0.5, 0.6) is 0 Å². The number of hydrogen-bond acceptors (Lipinski definition) is 5. The van der Waals surface area contributed by atoms with Gasteiger partial charge in [0.2, 0.25) is 11.8 Å². The highest BCUT2D eigenvalue weighted by Crippen LogP contribution is 2.22. The van der Waals surface area contributed by atoms with Gasteiger partial charge in [-0.15, -0.1) is 0 Å². The number of carbonyl (C=O) groups excluding carboxylic acids is 4. The van der Waals surface area contributed by atoms with Crippen molar-refractivity contribution in [2.24, 2.45) is 11.8 Å². The minimum absolute atomic E-state index is 0.234. The van der Waals surface area contributed by atoms with Crippen molar-refractivity contribution in [2.75, 3.05) is 7.05 Å². The molecule has 0 unspecified atom stereocenters. The van der Waals surface area contributed by atoms with Crippen LogP contribution in [0.2, 0.25) is 0 Å². The third-order valence-electron chi connectivity index (χ3n) is 6.92. The van der Waals surface area contributed by atoms with Gasteiger partial charge in [0, 0.05) is 19.9 Å². The Morgan fingerprint density at radius 3 is 1.97 bits per heavy atom. The first-order chi connectivity index (χ1) is 17.2. The largest absolute Gasteiger partial charge is 0.460 e. The predicted octanol–water partition coefficient (Wildman–Crippen LogP) is 3.35. The van der Waals surface area contributed by atoms with Gasteiger partial charge < -0.3 is 15.0 Å². The molecule has 0 aromatic heterocycles. The summed E-state index contributed by atoms with van der Waals surface area (Å²) in [6.45, 7) is 5.19. The Morgan fingerprint density at radius 1 is 0.861 bits per heavy atom. The number of Topliss-reactive ketones (excluding diaryl/α,β-unsaturated/α-hetero) is 1. The standard InChI is InChI=1S/C29H36N2O5/c1-5-12-25-19(2)26(32)20(3)27(33)30-23(17-21-13-8-6-9-14-21)28(34)31(4)24(29(35)36-25)18-22-15-10-7-11-16-22/h6-11,13-16,19-20,23-25H,5,12,17-18H2,1-4H3,(H,30,33)/t19-,20+,23+,24-,25-/m0/s1. The molecule has 1 fully saturated rings. The van der Waals surface area contributed by atoms with Crippen molar-refractivity contribution in [2.45, 2.75) is 64.6 Å². The summed E-state index contributed by atoms with van der Waals surface area (Å²) in [5, 5.41) is 2.81. The van der Waals surface area contributed by atoms with E-state index in [0.29, 0.717) is 12.8 Å². The molecule has 2 aromatic rings. The van der Waals surface area contributed by atoms with Crippen LogP contribution < -0.4 is 5.32 Å². The maximum atomic E-state index is 13.7. The van der Waals surface area contributed by atoms with Crippen LogP contribution >= 0.6 is 0 Å². The molecule has 1 heterocycles. The van der Waals surface area contributed by atoms with Gasteiger partial charge in [-0.25, -0.2) is 4.79 Å². The normalized spacial score (nSPS) is 26.0. The van der Waals surface area contributed by atoms with Gasteiger partial charge in [0.1, 0.15) is 18.2 Å². The molecule has 1 aliphatic rings. The molecule has 0 radical (unpaired) electrons. The fourth-order valence-electron chi connectivity index (χ4n) is 4.59. The second-order valence-electron chi connectivity index (χ2n) is 9.58. The summed E-state index contributed by atoms with van der Waals surface area (Å²) in [6.07, 6.45) is 1.00. The fourth-order valence-corrected chi connectivity index (χ4v) is 4.59. The second-order valence-corrected chi connectivity index (χ2v) is 9.58. The molecule has 0 aliphatic carbocycles. The highest BCUT2D eigenvalue weighted by molar-refractivity contribution is 6.03. The number of rotatable bonds is 6. The van der Waals surface area contributed by atoms with Gasteiger partial charge in [-0.2, -0.15) is 0 Å². The lowest BCUT2D eigenvalue weighted by molar-refractivity contribution is -0.164. The molecule has 1 aliphatic heterocycles. The first kappa shape index (κ1) is 27.1. The minimum atomic E-state index is -0.978. The van der Waals surface area contributed by atoms with E-state index in [1.54, 1.807) is 14.0 Å². The zero-order chi connectivity index (χ0) is 26.2. The van der Waals surface area contributed by atoms with Crippen LogP contribution in [0.3, 0.4) is 0 Å². The topological polar surface area (TPSA) is 92.8 Å². The average Bonchev–Trinajstić information content (AvgIpc) is 2.89. The molecule has 0 spiro atoms. The number of benzene rings is 2. The number of nitrogens with zero attached hydrogens (tertiary/aromatic N) is 1. The van der Waals surface area contributed by atoms with Crippen LogP contribution in [-0.2, 0) is 36.8 Å². The van der Waals surface area contributed by atoms with Gasteiger partial charge in [0.25, 0.3) is 0 Å². The average molecular weight is 493 g/mol. The zero-order valence-electron chi connectivity index (χ0n) is 21.5. The molecule has 7 heteroatoms.